The molecule has 0 rings (SSSR count). The average Bonchev–Trinajstić information content (AvgIpc) is 2.41. The standard InChI is InChI=1S/3C4H10N.C4H9.HN.Ta/c3*1-3-5-4-2;1-4(2)3;;/h3*3-4H2,1-2H3;1-3H3;1H;/q3*-1;;;+3. The van der Waals surface area contributed by atoms with Gasteiger partial charge in [0, 0.05) is 0 Å². The molecule has 0 aromatic carbocycles. The van der Waals surface area contributed by atoms with Crippen LogP contribution < -0.4 is 0 Å². The molecule has 4 nitrogen and oxygen atoms in total. The third-order valence-corrected chi connectivity index (χ3v) is 31.6. The molecule has 1 N–H and O–H groups in total. The van der Waals surface area contributed by atoms with Gasteiger partial charge in [-0.25, -0.2) is 0 Å². The molecule has 0 aromatic heterocycles. The summed E-state index contributed by atoms with van der Waals surface area (Å²) in [6.07, 6.45) is 0. The van der Waals surface area contributed by atoms with Crippen molar-refractivity contribution >= 4 is 0 Å². The Bertz CT molecular complexity index is 320. The molecule has 0 saturated carbocycles. The summed E-state index contributed by atoms with van der Waals surface area (Å²) in [7, 11) is 0. The molecule has 0 amide bonds. The summed E-state index contributed by atoms with van der Waals surface area (Å²) >= 11 is -4.35. The van der Waals surface area contributed by atoms with Crippen molar-refractivity contribution in [2.45, 2.75) is 65.9 Å². The third-order valence-electron chi connectivity index (χ3n) is 5.03. The molecule has 0 bridgehead atoms. The van der Waals surface area contributed by atoms with Gasteiger partial charge in [-0.1, -0.05) is 0 Å². The molecule has 21 heavy (non-hydrogen) atoms. The van der Waals surface area contributed by atoms with E-state index in [1.807, 2.05) is 0 Å². The van der Waals surface area contributed by atoms with Gasteiger partial charge >= 0.3 is 135 Å². The molecule has 0 saturated heterocycles. The van der Waals surface area contributed by atoms with E-state index in [1.54, 1.807) is 0 Å². The van der Waals surface area contributed by atoms with Gasteiger partial charge in [0.1, 0.15) is 0 Å². The zero-order chi connectivity index (χ0) is 16.9. The maximum absolute atomic E-state index is 10.2. The van der Waals surface area contributed by atoms with Crippen LogP contribution in [0.4, 0.5) is 0 Å². The predicted octanol–water partition coefficient (Wildman–Crippen LogP) is 4.43. The molecular weight excluding hydrogens is 429 g/mol. The van der Waals surface area contributed by atoms with E-state index in [1.165, 1.54) is 0 Å². The molecule has 0 aromatic rings. The van der Waals surface area contributed by atoms with Gasteiger partial charge in [0.25, 0.3) is 0 Å². The molecule has 0 fully saturated rings. The van der Waals surface area contributed by atoms with Gasteiger partial charge in [-0.2, -0.15) is 0 Å². The van der Waals surface area contributed by atoms with E-state index in [9.17, 15) is 3.76 Å². The second-order valence-corrected chi connectivity index (χ2v) is 24.5. The number of hydrogen-bond donors (Lipinski definition) is 1. The second kappa shape index (κ2) is 7.80. The van der Waals surface area contributed by atoms with E-state index < -0.39 is 16.4 Å². The zero-order valence-electron chi connectivity index (χ0n) is 16.0. The van der Waals surface area contributed by atoms with Gasteiger partial charge in [-0.3, -0.25) is 0 Å². The van der Waals surface area contributed by atoms with E-state index in [4.69, 9.17) is 0 Å². The van der Waals surface area contributed by atoms with Crippen LogP contribution in [0.2, 0.25) is 3.63 Å². The SMILES string of the molecule is CC[N](CC)[Ta](=[NH])([N](CC)CC)([N](CC)CC)[C](C)(C)C. The Morgan fingerprint density at radius 1 is 0.619 bits per heavy atom. The van der Waals surface area contributed by atoms with Crippen molar-refractivity contribution in [3.8, 4) is 0 Å². The van der Waals surface area contributed by atoms with Gasteiger partial charge in [0.2, 0.25) is 0 Å². The first-order chi connectivity index (χ1) is 9.64. The third kappa shape index (κ3) is 2.96. The number of rotatable bonds is 9. The molecule has 0 aliphatic heterocycles. The summed E-state index contributed by atoms with van der Waals surface area (Å²) in [5.41, 5.74) is 0. The molecule has 0 aliphatic carbocycles. The monoisotopic (exact) mass is 469 g/mol. The Hall–Kier alpha value is 0.420. The van der Waals surface area contributed by atoms with Crippen LogP contribution >= 0.6 is 0 Å². The molecule has 5 heteroatoms. The van der Waals surface area contributed by atoms with Crippen LogP contribution in [0, 0.1) is 3.76 Å². The van der Waals surface area contributed by atoms with Gasteiger partial charge in [0.15, 0.2) is 0 Å². The van der Waals surface area contributed by atoms with Crippen molar-refractivity contribution in [1.82, 2.24) is 9.91 Å². The van der Waals surface area contributed by atoms with Crippen LogP contribution in [-0.4, -0.2) is 49.2 Å². The van der Waals surface area contributed by atoms with Crippen molar-refractivity contribution in [3.05, 3.63) is 0 Å². The van der Waals surface area contributed by atoms with Crippen molar-refractivity contribution in [3.63, 3.8) is 0 Å². The molecule has 0 unspecified atom stereocenters. The summed E-state index contributed by atoms with van der Waals surface area (Å²) in [6, 6.07) is 0. The van der Waals surface area contributed by atoms with Crippen LogP contribution in [0.15, 0.2) is 0 Å². The van der Waals surface area contributed by atoms with Gasteiger partial charge in [-0.15, -0.1) is 0 Å². The van der Waals surface area contributed by atoms with E-state index in [-0.39, 0.29) is 3.63 Å². The van der Waals surface area contributed by atoms with E-state index >= 15 is 0 Å². The Balaban J connectivity index is 6.72. The van der Waals surface area contributed by atoms with Crippen molar-refractivity contribution in [1.29, 1.82) is 3.76 Å². The maximum atomic E-state index is 10.2. The summed E-state index contributed by atoms with van der Waals surface area (Å²) in [6.45, 7) is 26.1. The number of hydrogen-bond acceptors (Lipinski definition) is 1. The first-order valence-corrected chi connectivity index (χ1v) is 16.2. The second-order valence-electron chi connectivity index (χ2n) is 6.57. The minimum atomic E-state index is -4.35. The average molecular weight is 469 g/mol. The van der Waals surface area contributed by atoms with Crippen molar-refractivity contribution < 1.29 is 16.4 Å². The number of nitrogens with one attached hydrogen (secondary N) is 1. The Morgan fingerprint density at radius 2 is 0.810 bits per heavy atom. The first kappa shape index (κ1) is 21.4. The van der Waals surface area contributed by atoms with E-state index in [0.29, 0.717) is 0 Å². The normalized spacial score (nSPS) is 15.7. The fraction of sp³-hybridized carbons (Fsp3) is 1.00. The van der Waals surface area contributed by atoms with Gasteiger partial charge < -0.3 is 0 Å². The van der Waals surface area contributed by atoms with Crippen molar-refractivity contribution in [2.75, 3.05) is 39.3 Å². The van der Waals surface area contributed by atoms with E-state index in [0.717, 1.165) is 39.3 Å². The molecule has 0 aliphatic rings. The molecular formula is C16H40N4Ta. The molecule has 129 valence electrons. The Kier molecular flexibility index (Phi) is 7.96. The van der Waals surface area contributed by atoms with Crippen LogP contribution in [-0.2, 0) is 16.4 Å². The summed E-state index contributed by atoms with van der Waals surface area (Å²) in [5.74, 6) is 0. The summed E-state index contributed by atoms with van der Waals surface area (Å²) in [5, 5.41) is 0. The topological polar surface area (TPSA) is 33.6 Å². The van der Waals surface area contributed by atoms with Gasteiger partial charge in [0.05, 0.1) is 0 Å². The molecule has 0 spiro atoms. The molecule has 0 radical (unpaired) electrons. The van der Waals surface area contributed by atoms with Crippen LogP contribution in [0.25, 0.3) is 0 Å². The molecule has 0 heterocycles. The Morgan fingerprint density at radius 3 is 0.905 bits per heavy atom. The van der Waals surface area contributed by atoms with Crippen molar-refractivity contribution in [2.24, 2.45) is 0 Å². The van der Waals surface area contributed by atoms with Gasteiger partial charge in [-0.05, 0) is 0 Å². The first-order valence-electron chi connectivity index (χ1n) is 8.69. The Labute approximate surface area is 135 Å². The summed E-state index contributed by atoms with van der Waals surface area (Å²) < 4.78 is 17.8. The number of nitrogens with zero attached hydrogens (tertiary/aromatic N) is 3. The minimum absolute atomic E-state index is 0.0182. The molecule has 0 atom stereocenters. The van der Waals surface area contributed by atoms with Crippen LogP contribution in [0.5, 0.6) is 0 Å². The fourth-order valence-corrected chi connectivity index (χ4v) is 28.6. The van der Waals surface area contributed by atoms with E-state index in [2.05, 4.69) is 72.2 Å². The van der Waals surface area contributed by atoms with Crippen LogP contribution in [0.1, 0.15) is 62.3 Å². The fourth-order valence-electron chi connectivity index (χ4n) is 4.09. The zero-order valence-corrected chi connectivity index (χ0v) is 19.2. The summed E-state index contributed by atoms with van der Waals surface area (Å²) in [4.78, 5) is 0. The van der Waals surface area contributed by atoms with Crippen LogP contribution in [0.3, 0.4) is 0 Å². The quantitative estimate of drug-likeness (QED) is 0.543. The predicted molar refractivity (Wildman–Crippen MR) is 91.2 cm³/mol.